The molecular weight excluding hydrogens is 308 g/mol. The second-order valence-electron chi connectivity index (χ2n) is 6.35. The number of nitrogens with zero attached hydrogens (tertiary/aromatic N) is 1. The first-order chi connectivity index (χ1) is 10.9. The SMILES string of the molecule is Cc1ccc(S(=O)(=O)N/N=C/c2ccc(C3(C)CC3)cc2)cc1. The fraction of sp³-hybridized carbons (Fsp3) is 0.278. The maximum Gasteiger partial charge on any atom is 0.276 e. The van der Waals surface area contributed by atoms with Crippen molar-refractivity contribution >= 4 is 16.2 Å². The highest BCUT2D eigenvalue weighted by atomic mass is 32.2. The number of rotatable bonds is 5. The standard InChI is InChI=1S/C18H20N2O2S/c1-14-3-9-17(10-4-14)23(21,22)20-19-13-15-5-7-16(8-6-15)18(2)11-12-18/h3-10,13,20H,11-12H2,1-2H3/b19-13+. The number of aryl methyl sites for hydroxylation is 1. The summed E-state index contributed by atoms with van der Waals surface area (Å²) in [7, 11) is -3.62. The van der Waals surface area contributed by atoms with Gasteiger partial charge < -0.3 is 0 Å². The molecule has 0 aliphatic heterocycles. The molecule has 2 aromatic carbocycles. The van der Waals surface area contributed by atoms with Crippen LogP contribution in [0.2, 0.25) is 0 Å². The van der Waals surface area contributed by atoms with E-state index in [1.165, 1.54) is 24.6 Å². The zero-order valence-electron chi connectivity index (χ0n) is 13.3. The van der Waals surface area contributed by atoms with Crippen LogP contribution in [0, 0.1) is 6.92 Å². The maximum absolute atomic E-state index is 12.1. The number of sulfonamides is 1. The average molecular weight is 328 g/mol. The Morgan fingerprint density at radius 3 is 2.22 bits per heavy atom. The molecule has 1 aliphatic rings. The molecule has 0 amide bonds. The van der Waals surface area contributed by atoms with Crippen molar-refractivity contribution in [3.05, 3.63) is 65.2 Å². The normalized spacial score (nSPS) is 16.4. The zero-order valence-corrected chi connectivity index (χ0v) is 14.1. The van der Waals surface area contributed by atoms with Crippen molar-refractivity contribution < 1.29 is 8.42 Å². The number of nitrogens with one attached hydrogen (secondary N) is 1. The minimum atomic E-state index is -3.62. The van der Waals surface area contributed by atoms with Crippen molar-refractivity contribution in [2.45, 2.75) is 37.0 Å². The summed E-state index contributed by atoms with van der Waals surface area (Å²) in [6.45, 7) is 4.17. The Balaban J connectivity index is 1.67. The number of benzene rings is 2. The van der Waals surface area contributed by atoms with Gasteiger partial charge in [-0.1, -0.05) is 48.9 Å². The molecule has 120 valence electrons. The molecule has 5 heteroatoms. The van der Waals surface area contributed by atoms with Crippen LogP contribution in [0.25, 0.3) is 0 Å². The van der Waals surface area contributed by atoms with E-state index in [2.05, 4.69) is 29.0 Å². The molecule has 1 saturated carbocycles. The van der Waals surface area contributed by atoms with Gasteiger partial charge in [-0.2, -0.15) is 13.5 Å². The second kappa shape index (κ2) is 5.81. The molecule has 1 fully saturated rings. The van der Waals surface area contributed by atoms with Gasteiger partial charge >= 0.3 is 0 Å². The Morgan fingerprint density at radius 1 is 1.04 bits per heavy atom. The van der Waals surface area contributed by atoms with Crippen molar-refractivity contribution in [3.8, 4) is 0 Å². The highest BCUT2D eigenvalue weighted by Gasteiger charge is 2.38. The van der Waals surface area contributed by atoms with E-state index in [0.717, 1.165) is 11.1 Å². The largest absolute Gasteiger partial charge is 0.276 e. The van der Waals surface area contributed by atoms with Gasteiger partial charge in [0.25, 0.3) is 10.0 Å². The van der Waals surface area contributed by atoms with E-state index < -0.39 is 10.0 Å². The van der Waals surface area contributed by atoms with E-state index in [1.807, 2.05) is 19.1 Å². The summed E-state index contributed by atoms with van der Waals surface area (Å²) in [5.74, 6) is 0. The smallest absolute Gasteiger partial charge is 0.200 e. The summed E-state index contributed by atoms with van der Waals surface area (Å²) >= 11 is 0. The van der Waals surface area contributed by atoms with Crippen molar-refractivity contribution in [1.29, 1.82) is 0 Å². The fourth-order valence-electron chi connectivity index (χ4n) is 2.39. The van der Waals surface area contributed by atoms with Gasteiger partial charge in [-0.05, 0) is 48.4 Å². The summed E-state index contributed by atoms with van der Waals surface area (Å²) in [5, 5.41) is 3.86. The van der Waals surface area contributed by atoms with Crippen LogP contribution in [0.3, 0.4) is 0 Å². The van der Waals surface area contributed by atoms with E-state index >= 15 is 0 Å². The summed E-state index contributed by atoms with van der Waals surface area (Å²) in [5.41, 5.74) is 3.54. The van der Waals surface area contributed by atoms with Gasteiger partial charge in [0.05, 0.1) is 11.1 Å². The molecule has 0 bridgehead atoms. The van der Waals surface area contributed by atoms with E-state index in [9.17, 15) is 8.42 Å². The maximum atomic E-state index is 12.1. The first-order valence-electron chi connectivity index (χ1n) is 7.61. The molecule has 23 heavy (non-hydrogen) atoms. The first-order valence-corrected chi connectivity index (χ1v) is 9.10. The van der Waals surface area contributed by atoms with Crippen LogP contribution >= 0.6 is 0 Å². The Morgan fingerprint density at radius 2 is 1.65 bits per heavy atom. The lowest BCUT2D eigenvalue weighted by atomic mass is 9.97. The predicted octanol–water partition coefficient (Wildman–Crippen LogP) is 3.36. The van der Waals surface area contributed by atoms with Gasteiger partial charge in [-0.25, -0.2) is 4.83 Å². The molecule has 0 atom stereocenters. The monoisotopic (exact) mass is 328 g/mol. The average Bonchev–Trinajstić information content (AvgIpc) is 3.27. The first kappa shape index (κ1) is 15.7. The summed E-state index contributed by atoms with van der Waals surface area (Å²) in [4.78, 5) is 2.45. The van der Waals surface area contributed by atoms with Crippen molar-refractivity contribution in [1.82, 2.24) is 4.83 Å². The van der Waals surface area contributed by atoms with Crippen molar-refractivity contribution in [3.63, 3.8) is 0 Å². The van der Waals surface area contributed by atoms with Crippen LogP contribution in [-0.2, 0) is 15.4 Å². The zero-order chi connectivity index (χ0) is 16.5. The van der Waals surface area contributed by atoms with Crippen LogP contribution in [0.5, 0.6) is 0 Å². The molecule has 1 N–H and O–H groups in total. The third kappa shape index (κ3) is 3.62. The lowest BCUT2D eigenvalue weighted by Gasteiger charge is -2.08. The molecule has 0 aromatic heterocycles. The molecule has 0 saturated heterocycles. The molecule has 1 aliphatic carbocycles. The van der Waals surface area contributed by atoms with Crippen molar-refractivity contribution in [2.75, 3.05) is 0 Å². The molecule has 0 heterocycles. The van der Waals surface area contributed by atoms with Gasteiger partial charge in [0.2, 0.25) is 0 Å². The Kier molecular flexibility index (Phi) is 3.98. The van der Waals surface area contributed by atoms with E-state index in [1.54, 1.807) is 24.3 Å². The van der Waals surface area contributed by atoms with Crippen LogP contribution in [-0.4, -0.2) is 14.6 Å². The second-order valence-corrected chi connectivity index (χ2v) is 8.01. The van der Waals surface area contributed by atoms with Gasteiger partial charge in [-0.3, -0.25) is 0 Å². The molecule has 3 rings (SSSR count). The Bertz CT molecular complexity index is 818. The number of hydrogen-bond acceptors (Lipinski definition) is 3. The minimum Gasteiger partial charge on any atom is -0.200 e. The Hall–Kier alpha value is -2.14. The number of hydrogen-bond donors (Lipinski definition) is 1. The molecule has 0 unspecified atom stereocenters. The lowest BCUT2D eigenvalue weighted by Crippen LogP contribution is -2.18. The third-order valence-electron chi connectivity index (χ3n) is 4.33. The van der Waals surface area contributed by atoms with E-state index in [4.69, 9.17) is 0 Å². The molecule has 0 radical (unpaired) electrons. The summed E-state index contributed by atoms with van der Waals surface area (Å²) < 4.78 is 24.2. The van der Waals surface area contributed by atoms with E-state index in [-0.39, 0.29) is 4.90 Å². The Labute approximate surface area is 137 Å². The minimum absolute atomic E-state index is 0.206. The van der Waals surface area contributed by atoms with Crippen LogP contribution in [0.4, 0.5) is 0 Å². The van der Waals surface area contributed by atoms with Crippen molar-refractivity contribution in [2.24, 2.45) is 5.10 Å². The molecule has 0 spiro atoms. The van der Waals surface area contributed by atoms with Crippen LogP contribution < -0.4 is 4.83 Å². The lowest BCUT2D eigenvalue weighted by molar-refractivity contribution is 0.584. The summed E-state index contributed by atoms with van der Waals surface area (Å²) in [6.07, 6.45) is 3.98. The van der Waals surface area contributed by atoms with Crippen LogP contribution in [0.15, 0.2) is 58.5 Å². The molecule has 2 aromatic rings. The predicted molar refractivity (Wildman–Crippen MR) is 92.1 cm³/mol. The quantitative estimate of drug-likeness (QED) is 0.676. The number of hydrazone groups is 1. The third-order valence-corrected chi connectivity index (χ3v) is 5.56. The van der Waals surface area contributed by atoms with Gasteiger partial charge in [0.15, 0.2) is 0 Å². The van der Waals surface area contributed by atoms with E-state index in [0.29, 0.717) is 5.41 Å². The molecular formula is C18H20N2O2S. The van der Waals surface area contributed by atoms with Gasteiger partial charge in [-0.15, -0.1) is 0 Å². The fourth-order valence-corrected chi connectivity index (χ4v) is 3.18. The topological polar surface area (TPSA) is 58.5 Å². The highest BCUT2D eigenvalue weighted by Crippen LogP contribution is 2.47. The van der Waals surface area contributed by atoms with Gasteiger partial charge in [0.1, 0.15) is 0 Å². The summed E-state index contributed by atoms with van der Waals surface area (Å²) in [6, 6.07) is 14.7. The van der Waals surface area contributed by atoms with Gasteiger partial charge in [0, 0.05) is 0 Å². The van der Waals surface area contributed by atoms with Crippen LogP contribution in [0.1, 0.15) is 36.5 Å². The highest BCUT2D eigenvalue weighted by molar-refractivity contribution is 7.89. The molecule has 4 nitrogen and oxygen atoms in total.